The first-order valence-corrected chi connectivity index (χ1v) is 6.57. The predicted molar refractivity (Wildman–Crippen MR) is 67.8 cm³/mol. The summed E-state index contributed by atoms with van der Waals surface area (Å²) < 4.78 is 0.847. The highest BCUT2D eigenvalue weighted by Crippen LogP contribution is 2.32. The smallest absolute Gasteiger partial charge is 0.179 e. The molecular formula is C11H10N4S2. The number of nitrogens with zero attached hydrogens (tertiary/aromatic N) is 3. The molecule has 0 bridgehead atoms. The summed E-state index contributed by atoms with van der Waals surface area (Å²) in [4.78, 5) is 0.890. The second kappa shape index (κ2) is 5.27. The first-order valence-electron chi connectivity index (χ1n) is 4.94. The zero-order valence-corrected chi connectivity index (χ0v) is 10.8. The summed E-state index contributed by atoms with van der Waals surface area (Å²) in [6, 6.07) is 7.83. The van der Waals surface area contributed by atoms with E-state index in [1.54, 1.807) is 0 Å². The lowest BCUT2D eigenvalue weighted by Crippen LogP contribution is -1.96. The molecule has 2 aromatic rings. The van der Waals surface area contributed by atoms with Gasteiger partial charge in [0.15, 0.2) is 4.34 Å². The zero-order valence-electron chi connectivity index (χ0n) is 9.17. The fourth-order valence-electron chi connectivity index (χ4n) is 1.29. The minimum atomic E-state index is 0.442. The first-order chi connectivity index (χ1) is 8.22. The maximum atomic E-state index is 9.08. The third-order valence-corrected chi connectivity index (χ3v) is 4.07. The van der Waals surface area contributed by atoms with Crippen molar-refractivity contribution in [1.82, 2.24) is 10.2 Å². The average molecular weight is 262 g/mol. The number of aryl methyl sites for hydroxylation is 1. The molecule has 0 fully saturated rings. The Hall–Kier alpha value is -1.42. The van der Waals surface area contributed by atoms with E-state index in [-0.39, 0.29) is 0 Å². The van der Waals surface area contributed by atoms with Crippen LogP contribution in [0.2, 0.25) is 0 Å². The largest absolute Gasteiger partial charge is 0.326 e. The van der Waals surface area contributed by atoms with Gasteiger partial charge in [-0.2, -0.15) is 5.26 Å². The van der Waals surface area contributed by atoms with E-state index in [0.29, 0.717) is 12.1 Å². The number of nitriles is 1. The van der Waals surface area contributed by atoms with Gasteiger partial charge < -0.3 is 5.73 Å². The van der Waals surface area contributed by atoms with Crippen LogP contribution in [0.1, 0.15) is 16.1 Å². The summed E-state index contributed by atoms with van der Waals surface area (Å²) in [5.41, 5.74) is 7.13. The van der Waals surface area contributed by atoms with Crippen LogP contribution in [0.3, 0.4) is 0 Å². The summed E-state index contributed by atoms with van der Waals surface area (Å²) in [5.74, 6) is 0. The molecule has 2 rings (SSSR count). The Kier molecular flexibility index (Phi) is 3.74. The first kappa shape index (κ1) is 12.0. The van der Waals surface area contributed by atoms with Gasteiger partial charge in [-0.15, -0.1) is 10.2 Å². The molecule has 0 aliphatic carbocycles. The average Bonchev–Trinajstić information content (AvgIpc) is 2.75. The van der Waals surface area contributed by atoms with Gasteiger partial charge in [-0.05, 0) is 24.6 Å². The van der Waals surface area contributed by atoms with Gasteiger partial charge in [0.2, 0.25) is 0 Å². The van der Waals surface area contributed by atoms with Gasteiger partial charge in [0, 0.05) is 11.4 Å². The Balaban J connectivity index is 2.30. The molecule has 6 heteroatoms. The molecule has 0 saturated heterocycles. The Morgan fingerprint density at radius 1 is 1.47 bits per heavy atom. The van der Waals surface area contributed by atoms with Gasteiger partial charge in [-0.25, -0.2) is 0 Å². The van der Waals surface area contributed by atoms with Crippen LogP contribution in [-0.4, -0.2) is 10.2 Å². The maximum absolute atomic E-state index is 9.08. The molecule has 86 valence electrons. The van der Waals surface area contributed by atoms with Crippen molar-refractivity contribution in [2.45, 2.75) is 22.7 Å². The minimum absolute atomic E-state index is 0.442. The molecule has 0 unspecified atom stereocenters. The van der Waals surface area contributed by atoms with Crippen LogP contribution < -0.4 is 5.73 Å². The highest BCUT2D eigenvalue weighted by atomic mass is 32.2. The van der Waals surface area contributed by atoms with Gasteiger partial charge in [0.1, 0.15) is 11.1 Å². The summed E-state index contributed by atoms with van der Waals surface area (Å²) in [5, 5.41) is 18.0. The molecule has 1 aromatic carbocycles. The van der Waals surface area contributed by atoms with E-state index >= 15 is 0 Å². The lowest BCUT2D eigenvalue weighted by atomic mass is 10.1. The number of aromatic nitrogens is 2. The quantitative estimate of drug-likeness (QED) is 0.918. The lowest BCUT2D eigenvalue weighted by molar-refractivity contribution is 0.983. The molecule has 2 N–H and O–H groups in total. The number of benzene rings is 1. The third-order valence-electron chi connectivity index (χ3n) is 2.10. The van der Waals surface area contributed by atoms with Crippen molar-refractivity contribution in [3.05, 3.63) is 34.3 Å². The Morgan fingerprint density at radius 3 is 2.88 bits per heavy atom. The fourth-order valence-corrected chi connectivity index (χ4v) is 3.13. The zero-order chi connectivity index (χ0) is 12.3. The molecule has 0 atom stereocenters. The fraction of sp³-hybridized carbons (Fsp3) is 0.182. The van der Waals surface area contributed by atoms with Gasteiger partial charge in [0.25, 0.3) is 0 Å². The van der Waals surface area contributed by atoms with Gasteiger partial charge >= 0.3 is 0 Å². The number of hydrogen-bond acceptors (Lipinski definition) is 6. The Labute approximate surface area is 107 Å². The van der Waals surface area contributed by atoms with E-state index < -0.39 is 0 Å². The molecular weight excluding hydrogens is 252 g/mol. The van der Waals surface area contributed by atoms with Crippen molar-refractivity contribution < 1.29 is 0 Å². The van der Waals surface area contributed by atoms with Gasteiger partial charge in [-0.1, -0.05) is 29.2 Å². The molecule has 17 heavy (non-hydrogen) atoms. The van der Waals surface area contributed by atoms with E-state index in [4.69, 9.17) is 11.0 Å². The summed E-state index contributed by atoms with van der Waals surface area (Å²) in [7, 11) is 0. The van der Waals surface area contributed by atoms with Crippen LogP contribution in [0.25, 0.3) is 0 Å². The van der Waals surface area contributed by atoms with Crippen LogP contribution in [-0.2, 0) is 6.54 Å². The van der Waals surface area contributed by atoms with Crippen molar-refractivity contribution in [2.24, 2.45) is 5.73 Å². The molecule has 0 spiro atoms. The van der Waals surface area contributed by atoms with Crippen molar-refractivity contribution in [1.29, 1.82) is 5.26 Å². The summed E-state index contributed by atoms with van der Waals surface area (Å²) in [6.07, 6.45) is 0. The molecule has 1 heterocycles. The standard InChI is InChI=1S/C11H10N4S2/c1-7-14-15-11(16-7)17-10-3-2-8(5-12)4-9(10)6-13/h2-4H,5,12H2,1H3. The van der Waals surface area contributed by atoms with Crippen molar-refractivity contribution >= 4 is 23.1 Å². The highest BCUT2D eigenvalue weighted by molar-refractivity contribution is 8.01. The molecule has 1 aromatic heterocycles. The van der Waals surface area contributed by atoms with Crippen LogP contribution in [0.5, 0.6) is 0 Å². The molecule has 0 aliphatic rings. The second-order valence-corrected chi connectivity index (χ2v) is 5.81. The third kappa shape index (κ3) is 2.82. The van der Waals surface area contributed by atoms with Crippen LogP contribution in [0.15, 0.2) is 27.4 Å². The Morgan fingerprint density at radius 2 is 2.29 bits per heavy atom. The second-order valence-electron chi connectivity index (χ2n) is 3.34. The molecule has 0 radical (unpaired) electrons. The van der Waals surface area contributed by atoms with Crippen molar-refractivity contribution in [2.75, 3.05) is 0 Å². The normalized spacial score (nSPS) is 10.2. The summed E-state index contributed by atoms with van der Waals surface area (Å²) >= 11 is 2.98. The van der Waals surface area contributed by atoms with E-state index in [1.807, 2.05) is 25.1 Å². The van der Waals surface area contributed by atoms with Gasteiger partial charge in [-0.3, -0.25) is 0 Å². The molecule has 4 nitrogen and oxygen atoms in total. The van der Waals surface area contributed by atoms with Gasteiger partial charge in [0.05, 0.1) is 5.56 Å². The van der Waals surface area contributed by atoms with Crippen molar-refractivity contribution in [3.63, 3.8) is 0 Å². The number of rotatable bonds is 3. The molecule has 0 aliphatic heterocycles. The van der Waals surface area contributed by atoms with Crippen LogP contribution >= 0.6 is 23.1 Å². The number of hydrogen-bond donors (Lipinski definition) is 1. The predicted octanol–water partition coefficient (Wildman–Crippen LogP) is 2.33. The number of nitrogens with two attached hydrogens (primary N) is 1. The molecule has 0 saturated carbocycles. The summed E-state index contributed by atoms with van der Waals surface area (Å²) in [6.45, 7) is 2.35. The van der Waals surface area contributed by atoms with E-state index in [2.05, 4.69) is 16.3 Å². The highest BCUT2D eigenvalue weighted by Gasteiger charge is 2.08. The van der Waals surface area contributed by atoms with E-state index in [1.165, 1.54) is 23.1 Å². The topological polar surface area (TPSA) is 75.6 Å². The molecule has 0 amide bonds. The van der Waals surface area contributed by atoms with Crippen molar-refractivity contribution in [3.8, 4) is 6.07 Å². The minimum Gasteiger partial charge on any atom is -0.326 e. The van der Waals surface area contributed by atoms with E-state index in [9.17, 15) is 0 Å². The maximum Gasteiger partial charge on any atom is 0.179 e. The van der Waals surface area contributed by atoms with E-state index in [0.717, 1.165) is 19.8 Å². The Bertz CT molecular complexity index is 571. The lowest BCUT2D eigenvalue weighted by Gasteiger charge is -2.02. The van der Waals surface area contributed by atoms with Crippen LogP contribution in [0.4, 0.5) is 0 Å². The SMILES string of the molecule is Cc1nnc(Sc2ccc(CN)cc2C#N)s1. The monoisotopic (exact) mass is 262 g/mol. The van der Waals surface area contributed by atoms with Crippen LogP contribution in [0, 0.1) is 18.3 Å².